The second-order valence-electron chi connectivity index (χ2n) is 8.56. The van der Waals surface area contributed by atoms with Gasteiger partial charge in [0.2, 0.25) is 5.91 Å². The standard InChI is InChI=1S/C23H45N2O/c1-4-6-7-8-9-10-11-12-13-14-15-17-23(26)24-18-16-21-25(3,20-5-2)22-19-24/h5H,2,4,6-22H2,1,3H3/q+1. The van der Waals surface area contributed by atoms with Gasteiger partial charge in [0.25, 0.3) is 0 Å². The first kappa shape index (κ1) is 23.2. The van der Waals surface area contributed by atoms with Crippen molar-refractivity contribution in [1.29, 1.82) is 0 Å². The Hall–Kier alpha value is -0.830. The van der Waals surface area contributed by atoms with Gasteiger partial charge in [-0.1, -0.05) is 77.7 Å². The molecule has 0 aromatic heterocycles. The Bertz CT molecular complexity index is 382. The van der Waals surface area contributed by atoms with Gasteiger partial charge in [-0.05, 0) is 12.5 Å². The fraction of sp³-hybridized carbons (Fsp3) is 0.870. The van der Waals surface area contributed by atoms with Crippen molar-refractivity contribution in [1.82, 2.24) is 4.90 Å². The zero-order valence-corrected chi connectivity index (χ0v) is 17.8. The summed E-state index contributed by atoms with van der Waals surface area (Å²) in [6.07, 6.45) is 18.6. The highest BCUT2D eigenvalue weighted by molar-refractivity contribution is 5.76. The van der Waals surface area contributed by atoms with Crippen molar-refractivity contribution in [2.45, 2.75) is 90.4 Å². The molecule has 1 aliphatic heterocycles. The molecule has 1 rings (SSSR count). The Morgan fingerprint density at radius 1 is 0.923 bits per heavy atom. The number of carbonyl (C=O) groups excluding carboxylic acids is 1. The smallest absolute Gasteiger partial charge is 0.222 e. The van der Waals surface area contributed by atoms with E-state index in [1.54, 1.807) is 0 Å². The second kappa shape index (κ2) is 14.3. The van der Waals surface area contributed by atoms with Crippen LogP contribution in [0.2, 0.25) is 0 Å². The second-order valence-corrected chi connectivity index (χ2v) is 8.56. The summed E-state index contributed by atoms with van der Waals surface area (Å²) >= 11 is 0. The fourth-order valence-electron chi connectivity index (χ4n) is 4.07. The summed E-state index contributed by atoms with van der Waals surface area (Å²) < 4.78 is 1.03. The summed E-state index contributed by atoms with van der Waals surface area (Å²) in [6, 6.07) is 0. The maximum atomic E-state index is 12.5. The molecular formula is C23H45N2O+. The monoisotopic (exact) mass is 365 g/mol. The molecule has 0 spiro atoms. The van der Waals surface area contributed by atoms with Gasteiger partial charge >= 0.3 is 0 Å². The molecule has 0 radical (unpaired) electrons. The van der Waals surface area contributed by atoms with E-state index in [2.05, 4.69) is 25.5 Å². The van der Waals surface area contributed by atoms with Crippen LogP contribution in [0.3, 0.4) is 0 Å². The number of carbonyl (C=O) groups is 1. The summed E-state index contributed by atoms with van der Waals surface area (Å²) in [5.41, 5.74) is 0. The zero-order valence-electron chi connectivity index (χ0n) is 17.8. The molecule has 0 saturated carbocycles. The average molecular weight is 366 g/mol. The molecule has 152 valence electrons. The Balaban J connectivity index is 2.02. The van der Waals surface area contributed by atoms with E-state index >= 15 is 0 Å². The van der Waals surface area contributed by atoms with Crippen LogP contribution in [0.1, 0.15) is 90.4 Å². The lowest BCUT2D eigenvalue weighted by Gasteiger charge is -2.32. The van der Waals surface area contributed by atoms with Crippen LogP contribution in [-0.2, 0) is 4.79 Å². The van der Waals surface area contributed by atoms with E-state index in [9.17, 15) is 4.79 Å². The van der Waals surface area contributed by atoms with E-state index in [0.717, 1.165) is 56.5 Å². The molecule has 1 atom stereocenters. The van der Waals surface area contributed by atoms with Crippen LogP contribution in [0, 0.1) is 0 Å². The molecule has 1 aliphatic rings. The van der Waals surface area contributed by atoms with E-state index in [0.29, 0.717) is 5.91 Å². The first-order valence-corrected chi connectivity index (χ1v) is 11.3. The highest BCUT2D eigenvalue weighted by Crippen LogP contribution is 2.14. The molecule has 1 amide bonds. The number of rotatable bonds is 14. The van der Waals surface area contributed by atoms with Gasteiger partial charge in [-0.3, -0.25) is 4.79 Å². The van der Waals surface area contributed by atoms with Crippen molar-refractivity contribution in [3.63, 3.8) is 0 Å². The lowest BCUT2D eigenvalue weighted by molar-refractivity contribution is -0.902. The van der Waals surface area contributed by atoms with Gasteiger partial charge in [0, 0.05) is 19.4 Å². The lowest BCUT2D eigenvalue weighted by Crippen LogP contribution is -2.47. The third kappa shape index (κ3) is 10.4. The third-order valence-corrected chi connectivity index (χ3v) is 5.95. The van der Waals surface area contributed by atoms with Crippen molar-refractivity contribution < 1.29 is 9.28 Å². The molecule has 0 N–H and O–H groups in total. The maximum Gasteiger partial charge on any atom is 0.222 e. The van der Waals surface area contributed by atoms with Crippen LogP contribution < -0.4 is 0 Å². The van der Waals surface area contributed by atoms with Crippen LogP contribution in [0.15, 0.2) is 12.7 Å². The van der Waals surface area contributed by atoms with Crippen molar-refractivity contribution in [2.75, 3.05) is 39.8 Å². The minimum absolute atomic E-state index is 0.382. The van der Waals surface area contributed by atoms with E-state index in [1.165, 1.54) is 64.2 Å². The summed E-state index contributed by atoms with van der Waals surface area (Å²) in [7, 11) is 2.29. The van der Waals surface area contributed by atoms with Crippen LogP contribution in [-0.4, -0.2) is 55.1 Å². The number of amides is 1. The van der Waals surface area contributed by atoms with Crippen LogP contribution in [0.25, 0.3) is 0 Å². The Kier molecular flexibility index (Phi) is 12.7. The van der Waals surface area contributed by atoms with E-state index in [1.807, 2.05) is 6.08 Å². The summed E-state index contributed by atoms with van der Waals surface area (Å²) in [6.45, 7) is 11.3. The number of likely N-dealkylation sites (N-methyl/N-ethyl adjacent to an activating group) is 1. The predicted octanol–water partition coefficient (Wildman–Crippen LogP) is 5.55. The molecule has 3 heteroatoms. The molecule has 1 saturated heterocycles. The van der Waals surface area contributed by atoms with Gasteiger partial charge in [0.15, 0.2) is 0 Å². The topological polar surface area (TPSA) is 20.3 Å². The molecule has 1 unspecified atom stereocenters. The minimum atomic E-state index is 0.382. The zero-order chi connectivity index (χ0) is 19.1. The van der Waals surface area contributed by atoms with Gasteiger partial charge in [0.1, 0.15) is 0 Å². The molecule has 3 nitrogen and oxygen atoms in total. The third-order valence-electron chi connectivity index (χ3n) is 5.95. The number of unbranched alkanes of at least 4 members (excludes halogenated alkanes) is 10. The fourth-order valence-corrected chi connectivity index (χ4v) is 4.07. The number of hydrogen-bond donors (Lipinski definition) is 0. The summed E-state index contributed by atoms with van der Waals surface area (Å²) in [5.74, 6) is 0.382. The van der Waals surface area contributed by atoms with Gasteiger partial charge in [-0.15, -0.1) is 0 Å². The summed E-state index contributed by atoms with van der Waals surface area (Å²) in [5, 5.41) is 0. The molecular weight excluding hydrogens is 320 g/mol. The molecule has 1 heterocycles. The number of nitrogens with zero attached hydrogens (tertiary/aromatic N) is 2. The van der Waals surface area contributed by atoms with Crippen molar-refractivity contribution >= 4 is 5.91 Å². The Morgan fingerprint density at radius 2 is 1.50 bits per heavy atom. The highest BCUT2D eigenvalue weighted by atomic mass is 16.2. The molecule has 1 fully saturated rings. The van der Waals surface area contributed by atoms with Crippen LogP contribution >= 0.6 is 0 Å². The molecule has 0 aliphatic carbocycles. The van der Waals surface area contributed by atoms with Crippen LogP contribution in [0.5, 0.6) is 0 Å². The SMILES string of the molecule is C=CC[N+]1(C)CCCN(C(=O)CCCCCCCCCCCCC)CC1. The summed E-state index contributed by atoms with van der Waals surface area (Å²) in [4.78, 5) is 14.6. The first-order chi connectivity index (χ1) is 12.6. The van der Waals surface area contributed by atoms with Crippen molar-refractivity contribution in [3.05, 3.63) is 12.7 Å². The lowest BCUT2D eigenvalue weighted by atomic mass is 10.1. The normalized spacial score (nSPS) is 20.8. The first-order valence-electron chi connectivity index (χ1n) is 11.3. The molecule has 26 heavy (non-hydrogen) atoms. The van der Waals surface area contributed by atoms with E-state index in [-0.39, 0.29) is 0 Å². The van der Waals surface area contributed by atoms with E-state index < -0.39 is 0 Å². The maximum absolute atomic E-state index is 12.5. The Morgan fingerprint density at radius 3 is 2.08 bits per heavy atom. The minimum Gasteiger partial charge on any atom is -0.337 e. The average Bonchev–Trinajstić information content (AvgIpc) is 2.81. The van der Waals surface area contributed by atoms with Crippen molar-refractivity contribution in [3.8, 4) is 0 Å². The number of hydrogen-bond acceptors (Lipinski definition) is 1. The van der Waals surface area contributed by atoms with Crippen molar-refractivity contribution in [2.24, 2.45) is 0 Å². The van der Waals surface area contributed by atoms with Gasteiger partial charge in [0.05, 0.1) is 33.2 Å². The predicted molar refractivity (Wildman–Crippen MR) is 113 cm³/mol. The van der Waals surface area contributed by atoms with Crippen LogP contribution in [0.4, 0.5) is 0 Å². The van der Waals surface area contributed by atoms with E-state index in [4.69, 9.17) is 0 Å². The van der Waals surface area contributed by atoms with Gasteiger partial charge in [-0.25, -0.2) is 0 Å². The van der Waals surface area contributed by atoms with Gasteiger partial charge in [-0.2, -0.15) is 0 Å². The number of quaternary nitrogens is 1. The highest BCUT2D eigenvalue weighted by Gasteiger charge is 2.26. The molecule has 0 aromatic rings. The molecule has 0 aromatic carbocycles. The quantitative estimate of drug-likeness (QED) is 0.224. The Labute approximate surface area is 163 Å². The molecule has 0 bridgehead atoms. The van der Waals surface area contributed by atoms with Gasteiger partial charge < -0.3 is 9.38 Å². The largest absolute Gasteiger partial charge is 0.337 e.